The standard InChI is InChI=1S/C16H32N2/c1-3-14(2)12-18-11-7-10-17-16(13-18)15-8-5-4-6-9-15/h14-17H,3-13H2,1-2H3. The van der Waals surface area contributed by atoms with E-state index in [2.05, 4.69) is 24.1 Å². The zero-order valence-electron chi connectivity index (χ0n) is 12.5. The third-order valence-electron chi connectivity index (χ3n) is 5.00. The summed E-state index contributed by atoms with van der Waals surface area (Å²) in [6, 6.07) is 0.775. The molecule has 0 spiro atoms. The Hall–Kier alpha value is -0.0800. The molecule has 1 aliphatic heterocycles. The largest absolute Gasteiger partial charge is 0.312 e. The quantitative estimate of drug-likeness (QED) is 0.826. The van der Waals surface area contributed by atoms with E-state index in [4.69, 9.17) is 0 Å². The van der Waals surface area contributed by atoms with Crippen LogP contribution in [0.4, 0.5) is 0 Å². The molecule has 1 N–H and O–H groups in total. The lowest BCUT2D eigenvalue weighted by atomic mass is 9.83. The van der Waals surface area contributed by atoms with Crippen molar-refractivity contribution in [2.45, 2.75) is 64.8 Å². The average Bonchev–Trinajstić information content (AvgIpc) is 2.65. The molecule has 2 heteroatoms. The Morgan fingerprint density at radius 2 is 1.94 bits per heavy atom. The Balaban J connectivity index is 1.85. The highest BCUT2D eigenvalue weighted by molar-refractivity contribution is 4.84. The van der Waals surface area contributed by atoms with Gasteiger partial charge in [0.2, 0.25) is 0 Å². The van der Waals surface area contributed by atoms with Gasteiger partial charge in [0.05, 0.1) is 0 Å². The van der Waals surface area contributed by atoms with Crippen LogP contribution in [0.3, 0.4) is 0 Å². The monoisotopic (exact) mass is 252 g/mol. The smallest absolute Gasteiger partial charge is 0.0223 e. The zero-order valence-corrected chi connectivity index (χ0v) is 12.5. The maximum Gasteiger partial charge on any atom is 0.0223 e. The molecule has 2 atom stereocenters. The third kappa shape index (κ3) is 4.24. The SMILES string of the molecule is CCC(C)CN1CCCNC(C2CCCCC2)C1. The fourth-order valence-corrected chi connectivity index (χ4v) is 3.61. The lowest BCUT2D eigenvalue weighted by molar-refractivity contribution is 0.188. The highest BCUT2D eigenvalue weighted by Gasteiger charge is 2.27. The van der Waals surface area contributed by atoms with Gasteiger partial charge in [-0.15, -0.1) is 0 Å². The fraction of sp³-hybridized carbons (Fsp3) is 1.00. The van der Waals surface area contributed by atoms with Crippen LogP contribution >= 0.6 is 0 Å². The van der Waals surface area contributed by atoms with Crippen molar-refractivity contribution in [1.82, 2.24) is 10.2 Å². The van der Waals surface area contributed by atoms with Crippen molar-refractivity contribution < 1.29 is 0 Å². The Bertz CT molecular complexity index is 223. The number of nitrogens with one attached hydrogen (secondary N) is 1. The van der Waals surface area contributed by atoms with Gasteiger partial charge < -0.3 is 10.2 Å². The van der Waals surface area contributed by atoms with Gasteiger partial charge in [-0.25, -0.2) is 0 Å². The summed E-state index contributed by atoms with van der Waals surface area (Å²) in [7, 11) is 0. The van der Waals surface area contributed by atoms with Gasteiger partial charge in [-0.2, -0.15) is 0 Å². The lowest BCUT2D eigenvalue weighted by Gasteiger charge is -2.33. The minimum Gasteiger partial charge on any atom is -0.312 e. The van der Waals surface area contributed by atoms with E-state index in [1.807, 2.05) is 0 Å². The zero-order chi connectivity index (χ0) is 12.8. The number of hydrogen-bond donors (Lipinski definition) is 1. The highest BCUT2D eigenvalue weighted by Crippen LogP contribution is 2.27. The summed E-state index contributed by atoms with van der Waals surface area (Å²) in [5.41, 5.74) is 0. The molecular weight excluding hydrogens is 220 g/mol. The molecule has 106 valence electrons. The predicted octanol–water partition coefficient (Wildman–Crippen LogP) is 3.28. The van der Waals surface area contributed by atoms with Crippen LogP contribution in [-0.4, -0.2) is 37.1 Å². The van der Waals surface area contributed by atoms with Gasteiger partial charge in [-0.1, -0.05) is 39.5 Å². The predicted molar refractivity (Wildman–Crippen MR) is 78.9 cm³/mol. The first-order valence-corrected chi connectivity index (χ1v) is 8.25. The van der Waals surface area contributed by atoms with Gasteiger partial charge in [0, 0.05) is 19.1 Å². The van der Waals surface area contributed by atoms with E-state index in [1.54, 1.807) is 0 Å². The van der Waals surface area contributed by atoms with E-state index in [-0.39, 0.29) is 0 Å². The van der Waals surface area contributed by atoms with Gasteiger partial charge in [0.1, 0.15) is 0 Å². The second-order valence-electron chi connectivity index (χ2n) is 6.59. The molecule has 0 amide bonds. The van der Waals surface area contributed by atoms with Gasteiger partial charge in [0.25, 0.3) is 0 Å². The molecule has 2 aliphatic rings. The Morgan fingerprint density at radius 1 is 1.17 bits per heavy atom. The summed E-state index contributed by atoms with van der Waals surface area (Å²) in [5.74, 6) is 1.81. The average molecular weight is 252 g/mol. The highest BCUT2D eigenvalue weighted by atomic mass is 15.2. The van der Waals surface area contributed by atoms with Crippen LogP contribution in [0, 0.1) is 11.8 Å². The Labute approximate surface area is 114 Å². The normalized spacial score (nSPS) is 30.0. The van der Waals surface area contributed by atoms with Crippen LogP contribution in [0.5, 0.6) is 0 Å². The maximum atomic E-state index is 3.83. The van der Waals surface area contributed by atoms with E-state index in [0.29, 0.717) is 0 Å². The molecule has 0 aromatic carbocycles. The van der Waals surface area contributed by atoms with Crippen molar-refractivity contribution in [2.24, 2.45) is 11.8 Å². The first-order chi connectivity index (χ1) is 8.79. The minimum atomic E-state index is 0.775. The van der Waals surface area contributed by atoms with Gasteiger partial charge in [0.15, 0.2) is 0 Å². The Morgan fingerprint density at radius 3 is 2.67 bits per heavy atom. The molecule has 1 aliphatic carbocycles. The molecule has 0 aromatic rings. The summed E-state index contributed by atoms with van der Waals surface area (Å²) in [5, 5.41) is 3.83. The summed E-state index contributed by atoms with van der Waals surface area (Å²) < 4.78 is 0. The molecule has 2 rings (SSSR count). The van der Waals surface area contributed by atoms with Crippen LogP contribution < -0.4 is 5.32 Å². The van der Waals surface area contributed by atoms with Crippen molar-refractivity contribution in [2.75, 3.05) is 26.2 Å². The second-order valence-corrected chi connectivity index (χ2v) is 6.59. The van der Waals surface area contributed by atoms with E-state index >= 15 is 0 Å². The van der Waals surface area contributed by atoms with Gasteiger partial charge >= 0.3 is 0 Å². The van der Waals surface area contributed by atoms with Crippen LogP contribution in [-0.2, 0) is 0 Å². The van der Waals surface area contributed by atoms with E-state index < -0.39 is 0 Å². The number of hydrogen-bond acceptors (Lipinski definition) is 2. The molecule has 2 unspecified atom stereocenters. The van der Waals surface area contributed by atoms with E-state index in [9.17, 15) is 0 Å². The van der Waals surface area contributed by atoms with E-state index in [0.717, 1.165) is 17.9 Å². The molecule has 2 fully saturated rings. The molecule has 0 bridgehead atoms. The van der Waals surface area contributed by atoms with Crippen LogP contribution in [0.2, 0.25) is 0 Å². The molecule has 1 saturated heterocycles. The summed E-state index contributed by atoms with van der Waals surface area (Å²) >= 11 is 0. The molecule has 18 heavy (non-hydrogen) atoms. The topological polar surface area (TPSA) is 15.3 Å². The summed E-state index contributed by atoms with van der Waals surface area (Å²) in [6.45, 7) is 9.86. The van der Waals surface area contributed by atoms with Crippen LogP contribution in [0.25, 0.3) is 0 Å². The lowest BCUT2D eigenvalue weighted by Crippen LogP contribution is -2.44. The van der Waals surface area contributed by atoms with Crippen LogP contribution in [0.1, 0.15) is 58.8 Å². The maximum absolute atomic E-state index is 3.83. The van der Waals surface area contributed by atoms with Crippen molar-refractivity contribution >= 4 is 0 Å². The van der Waals surface area contributed by atoms with Gasteiger partial charge in [-0.05, 0) is 44.2 Å². The van der Waals surface area contributed by atoms with Crippen molar-refractivity contribution in [1.29, 1.82) is 0 Å². The van der Waals surface area contributed by atoms with Gasteiger partial charge in [-0.3, -0.25) is 0 Å². The third-order valence-corrected chi connectivity index (χ3v) is 5.00. The first kappa shape index (κ1) is 14.3. The van der Waals surface area contributed by atoms with Crippen molar-refractivity contribution in [3.05, 3.63) is 0 Å². The molecule has 1 heterocycles. The fourth-order valence-electron chi connectivity index (χ4n) is 3.61. The van der Waals surface area contributed by atoms with E-state index in [1.165, 1.54) is 71.1 Å². The first-order valence-electron chi connectivity index (χ1n) is 8.25. The Kier molecular flexibility index (Phi) is 5.97. The van der Waals surface area contributed by atoms with Crippen molar-refractivity contribution in [3.63, 3.8) is 0 Å². The summed E-state index contributed by atoms with van der Waals surface area (Å²) in [6.07, 6.45) is 9.99. The number of nitrogens with zero attached hydrogens (tertiary/aromatic N) is 1. The van der Waals surface area contributed by atoms with Crippen LogP contribution in [0.15, 0.2) is 0 Å². The second kappa shape index (κ2) is 7.49. The molecular formula is C16H32N2. The van der Waals surface area contributed by atoms with Crippen molar-refractivity contribution in [3.8, 4) is 0 Å². The summed E-state index contributed by atoms with van der Waals surface area (Å²) in [4.78, 5) is 2.73. The molecule has 2 nitrogen and oxygen atoms in total. The molecule has 1 saturated carbocycles. The minimum absolute atomic E-state index is 0.775. The molecule has 0 aromatic heterocycles. The number of rotatable bonds is 4. The molecule has 0 radical (unpaired) electrons.